The molecule has 0 aromatic carbocycles. The van der Waals surface area contributed by atoms with Crippen LogP contribution >= 0.6 is 0 Å². The summed E-state index contributed by atoms with van der Waals surface area (Å²) >= 11 is 0. The minimum Gasteiger partial charge on any atom is -0.480 e. The van der Waals surface area contributed by atoms with Gasteiger partial charge in [-0.2, -0.15) is 10.2 Å². The van der Waals surface area contributed by atoms with Gasteiger partial charge in [-0.05, 0) is 13.0 Å². The number of amides is 1. The molecule has 0 bridgehead atoms. The number of carbonyl (C=O) groups excluding carboxylic acids is 1. The second-order valence-electron chi connectivity index (χ2n) is 4.84. The molecule has 8 nitrogen and oxygen atoms in total. The van der Waals surface area contributed by atoms with Crippen LogP contribution in [-0.4, -0.2) is 48.5 Å². The molecule has 2 rings (SSSR count). The summed E-state index contributed by atoms with van der Waals surface area (Å²) in [7, 11) is 3.48. The SMILES string of the molecule is Cc1nn(C)cc1CN(C)C(=O)c1ccnn1CC(=O)O. The van der Waals surface area contributed by atoms with E-state index < -0.39 is 5.97 Å². The number of hydrogen-bond acceptors (Lipinski definition) is 4. The van der Waals surface area contributed by atoms with Gasteiger partial charge in [-0.15, -0.1) is 0 Å². The first kappa shape index (κ1) is 14.8. The molecule has 2 aromatic heterocycles. The van der Waals surface area contributed by atoms with Gasteiger partial charge in [-0.25, -0.2) is 4.68 Å². The lowest BCUT2D eigenvalue weighted by Crippen LogP contribution is -2.29. The molecule has 0 radical (unpaired) electrons. The predicted octanol–water partition coefficient (Wildman–Crippen LogP) is 0.282. The molecule has 0 saturated carbocycles. The Kier molecular flexibility index (Phi) is 4.06. The molecule has 0 spiro atoms. The normalized spacial score (nSPS) is 10.6. The summed E-state index contributed by atoms with van der Waals surface area (Å²) in [5, 5.41) is 16.9. The molecule has 0 aliphatic carbocycles. The van der Waals surface area contributed by atoms with Crippen LogP contribution in [0.3, 0.4) is 0 Å². The van der Waals surface area contributed by atoms with Gasteiger partial charge >= 0.3 is 5.97 Å². The van der Waals surface area contributed by atoms with E-state index in [1.165, 1.54) is 21.8 Å². The Morgan fingerprint density at radius 3 is 2.71 bits per heavy atom. The van der Waals surface area contributed by atoms with E-state index in [9.17, 15) is 9.59 Å². The molecule has 0 saturated heterocycles. The first-order chi connectivity index (χ1) is 9.88. The average molecular weight is 291 g/mol. The second kappa shape index (κ2) is 5.78. The highest BCUT2D eigenvalue weighted by Crippen LogP contribution is 2.11. The van der Waals surface area contributed by atoms with Crippen LogP contribution in [0.5, 0.6) is 0 Å². The van der Waals surface area contributed by atoms with Crippen LogP contribution in [0.15, 0.2) is 18.5 Å². The number of rotatable bonds is 5. The lowest BCUT2D eigenvalue weighted by Gasteiger charge is -2.17. The maximum Gasteiger partial charge on any atom is 0.325 e. The molecule has 1 amide bonds. The smallest absolute Gasteiger partial charge is 0.325 e. The number of carboxylic acids is 1. The lowest BCUT2D eigenvalue weighted by atomic mass is 10.2. The zero-order valence-electron chi connectivity index (χ0n) is 12.1. The molecule has 0 atom stereocenters. The fourth-order valence-electron chi connectivity index (χ4n) is 2.10. The van der Waals surface area contributed by atoms with Gasteiger partial charge in [0.1, 0.15) is 12.2 Å². The molecular weight excluding hydrogens is 274 g/mol. The van der Waals surface area contributed by atoms with Crippen LogP contribution in [0.4, 0.5) is 0 Å². The van der Waals surface area contributed by atoms with E-state index >= 15 is 0 Å². The number of nitrogens with zero attached hydrogens (tertiary/aromatic N) is 5. The fourth-order valence-corrected chi connectivity index (χ4v) is 2.10. The standard InChI is InChI=1S/C13H17N5O3/c1-9-10(7-17(3)15-9)6-16(2)13(21)11-4-5-14-18(11)8-12(19)20/h4-5,7H,6,8H2,1-3H3,(H,19,20). The molecule has 21 heavy (non-hydrogen) atoms. The Hall–Kier alpha value is -2.64. The zero-order valence-corrected chi connectivity index (χ0v) is 12.1. The molecule has 2 heterocycles. The van der Waals surface area contributed by atoms with E-state index in [-0.39, 0.29) is 18.1 Å². The summed E-state index contributed by atoms with van der Waals surface area (Å²) in [5.74, 6) is -1.32. The summed E-state index contributed by atoms with van der Waals surface area (Å²) in [6.45, 7) is 1.94. The zero-order chi connectivity index (χ0) is 15.6. The van der Waals surface area contributed by atoms with Gasteiger partial charge in [0.2, 0.25) is 0 Å². The largest absolute Gasteiger partial charge is 0.480 e. The fraction of sp³-hybridized carbons (Fsp3) is 0.385. The van der Waals surface area contributed by atoms with Crippen molar-refractivity contribution in [1.82, 2.24) is 24.5 Å². The van der Waals surface area contributed by atoms with E-state index in [0.717, 1.165) is 11.3 Å². The van der Waals surface area contributed by atoms with Crippen molar-refractivity contribution in [3.05, 3.63) is 35.4 Å². The van der Waals surface area contributed by atoms with E-state index in [4.69, 9.17) is 5.11 Å². The molecule has 8 heteroatoms. The molecule has 1 N–H and O–H groups in total. The summed E-state index contributed by atoms with van der Waals surface area (Å²) in [6.07, 6.45) is 3.27. The average Bonchev–Trinajstić information content (AvgIpc) is 2.95. The highest BCUT2D eigenvalue weighted by molar-refractivity contribution is 5.92. The first-order valence-electron chi connectivity index (χ1n) is 6.36. The molecule has 0 aliphatic rings. The minimum atomic E-state index is -1.04. The number of aliphatic carboxylic acids is 1. The summed E-state index contributed by atoms with van der Waals surface area (Å²) in [4.78, 5) is 24.6. The van der Waals surface area contributed by atoms with Gasteiger partial charge in [0.15, 0.2) is 0 Å². The summed E-state index contributed by atoms with van der Waals surface area (Å²) in [6, 6.07) is 1.51. The number of carboxylic acid groups (broad SMARTS) is 1. The Balaban J connectivity index is 2.14. The first-order valence-corrected chi connectivity index (χ1v) is 6.36. The van der Waals surface area contributed by atoms with Gasteiger partial charge in [0.25, 0.3) is 5.91 Å². The van der Waals surface area contributed by atoms with E-state index in [0.29, 0.717) is 6.54 Å². The molecular formula is C13H17N5O3. The second-order valence-corrected chi connectivity index (χ2v) is 4.84. The van der Waals surface area contributed by atoms with E-state index in [1.807, 2.05) is 20.2 Å². The summed E-state index contributed by atoms with van der Waals surface area (Å²) < 4.78 is 2.87. The van der Waals surface area contributed by atoms with Gasteiger partial charge in [0, 0.05) is 38.6 Å². The van der Waals surface area contributed by atoms with Gasteiger partial charge in [-0.3, -0.25) is 14.3 Å². The van der Waals surface area contributed by atoms with Crippen molar-refractivity contribution in [2.45, 2.75) is 20.0 Å². The Morgan fingerprint density at radius 2 is 2.14 bits per heavy atom. The molecule has 0 unspecified atom stereocenters. The minimum absolute atomic E-state index is 0.251. The van der Waals surface area contributed by atoms with Crippen molar-refractivity contribution in [3.63, 3.8) is 0 Å². The van der Waals surface area contributed by atoms with Crippen molar-refractivity contribution in [2.75, 3.05) is 7.05 Å². The Morgan fingerprint density at radius 1 is 1.43 bits per heavy atom. The monoisotopic (exact) mass is 291 g/mol. The number of aryl methyl sites for hydroxylation is 2. The third kappa shape index (κ3) is 3.28. The highest BCUT2D eigenvalue weighted by Gasteiger charge is 2.19. The van der Waals surface area contributed by atoms with Crippen LogP contribution in [0.25, 0.3) is 0 Å². The predicted molar refractivity (Wildman–Crippen MR) is 73.6 cm³/mol. The van der Waals surface area contributed by atoms with E-state index in [1.54, 1.807) is 11.7 Å². The van der Waals surface area contributed by atoms with E-state index in [2.05, 4.69) is 10.2 Å². The Bertz CT molecular complexity index is 673. The van der Waals surface area contributed by atoms with Crippen molar-refractivity contribution < 1.29 is 14.7 Å². The summed E-state index contributed by atoms with van der Waals surface area (Å²) in [5.41, 5.74) is 2.05. The molecule has 0 aliphatic heterocycles. The molecule has 2 aromatic rings. The Labute approximate surface area is 121 Å². The maximum absolute atomic E-state index is 12.4. The van der Waals surface area contributed by atoms with Crippen molar-refractivity contribution >= 4 is 11.9 Å². The van der Waals surface area contributed by atoms with Crippen LogP contribution in [0.2, 0.25) is 0 Å². The maximum atomic E-state index is 12.4. The van der Waals surface area contributed by atoms with Gasteiger partial charge in [-0.1, -0.05) is 0 Å². The third-order valence-corrected chi connectivity index (χ3v) is 3.09. The van der Waals surface area contributed by atoms with Crippen LogP contribution < -0.4 is 0 Å². The number of carbonyl (C=O) groups is 2. The van der Waals surface area contributed by atoms with Gasteiger partial charge < -0.3 is 10.0 Å². The molecule has 0 fully saturated rings. The van der Waals surface area contributed by atoms with Crippen molar-refractivity contribution in [3.8, 4) is 0 Å². The van der Waals surface area contributed by atoms with Gasteiger partial charge in [0.05, 0.1) is 5.69 Å². The van der Waals surface area contributed by atoms with Crippen LogP contribution in [0.1, 0.15) is 21.7 Å². The van der Waals surface area contributed by atoms with Crippen molar-refractivity contribution in [2.24, 2.45) is 7.05 Å². The van der Waals surface area contributed by atoms with Crippen LogP contribution in [-0.2, 0) is 24.9 Å². The lowest BCUT2D eigenvalue weighted by molar-refractivity contribution is -0.137. The third-order valence-electron chi connectivity index (χ3n) is 3.09. The van der Waals surface area contributed by atoms with Crippen LogP contribution in [0, 0.1) is 6.92 Å². The van der Waals surface area contributed by atoms with Crippen molar-refractivity contribution in [1.29, 1.82) is 0 Å². The molecule has 112 valence electrons. The quantitative estimate of drug-likeness (QED) is 0.854. The number of aromatic nitrogens is 4. The number of hydrogen-bond donors (Lipinski definition) is 1. The highest BCUT2D eigenvalue weighted by atomic mass is 16.4. The topological polar surface area (TPSA) is 93.3 Å².